The molecule has 0 aliphatic heterocycles. The Morgan fingerprint density at radius 3 is 2.59 bits per heavy atom. The van der Waals surface area contributed by atoms with Crippen molar-refractivity contribution < 1.29 is 4.92 Å². The van der Waals surface area contributed by atoms with E-state index in [9.17, 15) is 15.4 Å². The Balaban J connectivity index is 2.10. The van der Waals surface area contributed by atoms with Crippen LogP contribution in [0.1, 0.15) is 22.5 Å². The summed E-state index contributed by atoms with van der Waals surface area (Å²) in [7, 11) is 0. The fraction of sp³-hybridized carbons (Fsp3) is 0.0952. The van der Waals surface area contributed by atoms with Gasteiger partial charge in [0.05, 0.1) is 22.3 Å². The third kappa shape index (κ3) is 3.76. The number of aromatic nitrogens is 1. The molecular weight excluding hydrogens is 362 g/mol. The van der Waals surface area contributed by atoms with E-state index in [1.165, 1.54) is 12.1 Å². The molecule has 0 amide bonds. The van der Waals surface area contributed by atoms with Crippen LogP contribution in [0, 0.1) is 35.3 Å². The number of halogens is 1. The van der Waals surface area contributed by atoms with Gasteiger partial charge in [-0.1, -0.05) is 29.8 Å². The van der Waals surface area contributed by atoms with Crippen molar-refractivity contribution in [1.29, 1.82) is 5.26 Å². The van der Waals surface area contributed by atoms with Gasteiger partial charge in [0.1, 0.15) is 0 Å². The number of allylic oxidation sites excluding steroid dienone is 1. The Bertz CT molecular complexity index is 1110. The molecule has 0 aliphatic rings. The van der Waals surface area contributed by atoms with Crippen molar-refractivity contribution in [2.24, 2.45) is 0 Å². The fourth-order valence-corrected chi connectivity index (χ4v) is 3.26. The van der Waals surface area contributed by atoms with Crippen molar-refractivity contribution in [2.75, 3.05) is 0 Å². The number of hydrogen-bond acceptors (Lipinski definition) is 3. The molecule has 0 N–H and O–H groups in total. The molecule has 0 radical (unpaired) electrons. The molecule has 0 saturated carbocycles. The third-order valence-corrected chi connectivity index (χ3v) is 4.56. The zero-order chi connectivity index (χ0) is 19.6. The molecule has 0 spiro atoms. The predicted octanol–water partition coefficient (Wildman–Crippen LogP) is 5.72. The Hall–Kier alpha value is -3.36. The van der Waals surface area contributed by atoms with E-state index >= 15 is 0 Å². The molecule has 3 rings (SSSR count). The monoisotopic (exact) mass is 377 g/mol. The highest BCUT2D eigenvalue weighted by atomic mass is 35.5. The fourth-order valence-electron chi connectivity index (χ4n) is 3.07. The molecule has 0 aliphatic carbocycles. The topological polar surface area (TPSA) is 71.9 Å². The van der Waals surface area contributed by atoms with Crippen molar-refractivity contribution in [3.8, 4) is 11.8 Å². The third-order valence-electron chi connectivity index (χ3n) is 4.32. The molecule has 1 heterocycles. The predicted molar refractivity (Wildman–Crippen MR) is 107 cm³/mol. The van der Waals surface area contributed by atoms with E-state index in [-0.39, 0.29) is 5.69 Å². The summed E-state index contributed by atoms with van der Waals surface area (Å²) in [5.41, 5.74) is 4.66. The summed E-state index contributed by atoms with van der Waals surface area (Å²) in [6, 6.07) is 17.8. The lowest BCUT2D eigenvalue weighted by Gasteiger charge is -2.09. The first-order chi connectivity index (χ1) is 12.9. The van der Waals surface area contributed by atoms with Gasteiger partial charge >= 0.3 is 0 Å². The van der Waals surface area contributed by atoms with Gasteiger partial charge in [-0.3, -0.25) is 10.1 Å². The summed E-state index contributed by atoms with van der Waals surface area (Å²) in [4.78, 5) is 10.7. The highest BCUT2D eigenvalue weighted by Gasteiger charge is 2.13. The molecule has 0 bridgehead atoms. The first kappa shape index (κ1) is 18.4. The quantitative estimate of drug-likeness (QED) is 0.331. The lowest BCUT2D eigenvalue weighted by Crippen LogP contribution is -2.00. The molecule has 3 aromatic rings. The Morgan fingerprint density at radius 2 is 1.93 bits per heavy atom. The molecule has 6 heteroatoms. The highest BCUT2D eigenvalue weighted by Crippen LogP contribution is 2.27. The molecule has 5 nitrogen and oxygen atoms in total. The maximum absolute atomic E-state index is 11.1. The van der Waals surface area contributed by atoms with Gasteiger partial charge in [-0.2, -0.15) is 5.26 Å². The molecule has 27 heavy (non-hydrogen) atoms. The largest absolute Gasteiger partial charge is 0.318 e. The van der Waals surface area contributed by atoms with Crippen LogP contribution in [-0.4, -0.2) is 9.49 Å². The van der Waals surface area contributed by atoms with Crippen molar-refractivity contribution in [2.45, 2.75) is 13.8 Å². The van der Waals surface area contributed by atoms with Gasteiger partial charge in [-0.15, -0.1) is 0 Å². The Labute approximate surface area is 161 Å². The number of nitro groups is 1. The first-order valence-corrected chi connectivity index (χ1v) is 8.60. The van der Waals surface area contributed by atoms with Gasteiger partial charge in [0.2, 0.25) is 0 Å². The van der Waals surface area contributed by atoms with Crippen LogP contribution in [0.3, 0.4) is 0 Å². The number of nitriles is 1. The molecular formula is C21H16ClN3O2. The van der Waals surface area contributed by atoms with Gasteiger partial charge in [-0.25, -0.2) is 0 Å². The van der Waals surface area contributed by atoms with Crippen LogP contribution in [0.5, 0.6) is 0 Å². The standard InChI is InChI=1S/C21H16ClN3O2/c1-14-9-17(10-18(13-23)16-5-3-6-19(22)11-16)15(2)24(14)20-7-4-8-21(12-20)25(26)27/h3-12H,1-2H3/b18-10-. The number of rotatable bonds is 4. The minimum absolute atomic E-state index is 0.0359. The van der Waals surface area contributed by atoms with E-state index in [0.29, 0.717) is 16.3 Å². The van der Waals surface area contributed by atoms with Crippen molar-refractivity contribution in [1.82, 2.24) is 4.57 Å². The second-order valence-corrected chi connectivity index (χ2v) is 6.56. The zero-order valence-corrected chi connectivity index (χ0v) is 15.6. The number of nitrogens with zero attached hydrogens (tertiary/aromatic N) is 3. The second-order valence-electron chi connectivity index (χ2n) is 6.12. The van der Waals surface area contributed by atoms with Crippen molar-refractivity contribution >= 4 is 28.9 Å². The maximum atomic E-state index is 11.1. The highest BCUT2D eigenvalue weighted by molar-refractivity contribution is 6.30. The van der Waals surface area contributed by atoms with Crippen LogP contribution in [0.25, 0.3) is 17.3 Å². The number of hydrogen-bond donors (Lipinski definition) is 0. The minimum Gasteiger partial charge on any atom is -0.318 e. The Morgan fingerprint density at radius 1 is 1.19 bits per heavy atom. The van der Waals surface area contributed by atoms with Crippen LogP contribution < -0.4 is 0 Å². The van der Waals surface area contributed by atoms with Gasteiger partial charge in [0, 0.05) is 28.5 Å². The average Bonchev–Trinajstić information content (AvgIpc) is 2.93. The van der Waals surface area contributed by atoms with Gasteiger partial charge in [0.15, 0.2) is 0 Å². The normalized spacial score (nSPS) is 11.3. The maximum Gasteiger partial charge on any atom is 0.271 e. The van der Waals surface area contributed by atoms with E-state index < -0.39 is 4.92 Å². The first-order valence-electron chi connectivity index (χ1n) is 8.22. The second kappa shape index (κ2) is 7.48. The van der Waals surface area contributed by atoms with Crippen LogP contribution in [0.4, 0.5) is 5.69 Å². The van der Waals surface area contributed by atoms with Crippen LogP contribution in [0.15, 0.2) is 54.6 Å². The molecule has 0 fully saturated rings. The summed E-state index contributed by atoms with van der Waals surface area (Å²) in [5.74, 6) is 0. The van der Waals surface area contributed by atoms with Crippen molar-refractivity contribution in [3.63, 3.8) is 0 Å². The van der Waals surface area contributed by atoms with E-state index in [4.69, 9.17) is 11.6 Å². The van der Waals surface area contributed by atoms with Crippen LogP contribution in [0.2, 0.25) is 5.02 Å². The number of benzene rings is 2. The molecule has 134 valence electrons. The Kier molecular flexibility index (Phi) is 5.11. The molecule has 1 aromatic heterocycles. The van der Waals surface area contributed by atoms with Crippen molar-refractivity contribution in [3.05, 3.63) is 92.2 Å². The van der Waals surface area contributed by atoms with Gasteiger partial charge < -0.3 is 4.57 Å². The molecule has 0 saturated heterocycles. The smallest absolute Gasteiger partial charge is 0.271 e. The summed E-state index contributed by atoms with van der Waals surface area (Å²) >= 11 is 6.03. The average molecular weight is 378 g/mol. The SMILES string of the molecule is Cc1cc(/C=C(/C#N)c2cccc(Cl)c2)c(C)n1-c1cccc([N+](=O)[O-])c1. The zero-order valence-electron chi connectivity index (χ0n) is 14.8. The van der Waals surface area contributed by atoms with E-state index in [2.05, 4.69) is 6.07 Å². The van der Waals surface area contributed by atoms with Crippen LogP contribution >= 0.6 is 11.6 Å². The number of aryl methyl sites for hydroxylation is 1. The summed E-state index contributed by atoms with van der Waals surface area (Å²) in [5, 5.41) is 21.2. The molecule has 0 atom stereocenters. The van der Waals surface area contributed by atoms with Gasteiger partial charge in [0.25, 0.3) is 5.69 Å². The lowest BCUT2D eigenvalue weighted by atomic mass is 10.0. The number of non-ortho nitro benzene ring substituents is 1. The molecule has 0 unspecified atom stereocenters. The lowest BCUT2D eigenvalue weighted by molar-refractivity contribution is -0.384. The van der Waals surface area contributed by atoms with E-state index in [1.807, 2.05) is 42.7 Å². The van der Waals surface area contributed by atoms with E-state index in [1.54, 1.807) is 24.3 Å². The summed E-state index contributed by atoms with van der Waals surface area (Å²) < 4.78 is 1.94. The van der Waals surface area contributed by atoms with Crippen LogP contribution in [-0.2, 0) is 0 Å². The molecule has 2 aromatic carbocycles. The van der Waals surface area contributed by atoms with Gasteiger partial charge in [-0.05, 0) is 55.3 Å². The summed E-state index contributed by atoms with van der Waals surface area (Å²) in [6.07, 6.45) is 1.81. The van der Waals surface area contributed by atoms with E-state index in [0.717, 1.165) is 22.5 Å². The minimum atomic E-state index is -0.411. The number of nitro benzene ring substituents is 1. The summed E-state index contributed by atoms with van der Waals surface area (Å²) in [6.45, 7) is 3.85.